The minimum atomic E-state index is -3.39. The van der Waals surface area contributed by atoms with E-state index >= 15 is 0 Å². The third kappa shape index (κ3) is 3.37. The molecule has 2 rings (SSSR count). The molecule has 1 aliphatic rings. The molecule has 21 heavy (non-hydrogen) atoms. The lowest BCUT2D eigenvalue weighted by molar-refractivity contribution is 0.0695. The zero-order valence-electron chi connectivity index (χ0n) is 12.4. The second-order valence-corrected chi connectivity index (χ2v) is 7.80. The molecule has 0 aliphatic carbocycles. The Morgan fingerprint density at radius 3 is 2.71 bits per heavy atom. The Bertz CT molecular complexity index is 637. The average molecular weight is 311 g/mol. The molecule has 0 saturated carbocycles. The van der Waals surface area contributed by atoms with Crippen molar-refractivity contribution in [1.29, 1.82) is 0 Å². The van der Waals surface area contributed by atoms with Gasteiger partial charge in [0.1, 0.15) is 0 Å². The van der Waals surface area contributed by atoms with Crippen LogP contribution in [-0.2, 0) is 16.4 Å². The molecule has 1 aliphatic heterocycles. The number of carbonyl (C=O) groups is 1. The van der Waals surface area contributed by atoms with Crippen LogP contribution in [0.2, 0.25) is 0 Å². The first-order valence-corrected chi connectivity index (χ1v) is 8.79. The number of anilines is 1. The molecule has 0 bridgehead atoms. The summed E-state index contributed by atoms with van der Waals surface area (Å²) < 4.78 is 26.4. The minimum Gasteiger partial charge on any atom is -0.478 e. The summed E-state index contributed by atoms with van der Waals surface area (Å²) >= 11 is 0. The second-order valence-electron chi connectivity index (χ2n) is 5.78. The maximum absolute atomic E-state index is 12.5. The van der Waals surface area contributed by atoms with Crippen LogP contribution in [0.1, 0.15) is 42.6 Å². The first-order chi connectivity index (χ1) is 9.83. The van der Waals surface area contributed by atoms with E-state index in [2.05, 4.69) is 0 Å². The Labute approximate surface area is 125 Å². The number of fused-ring (bicyclic) bond motifs is 1. The van der Waals surface area contributed by atoms with Gasteiger partial charge in [0.15, 0.2) is 0 Å². The fraction of sp³-hybridized carbons (Fsp3) is 0.533. The molecule has 0 saturated heterocycles. The molecule has 1 aromatic carbocycles. The first-order valence-electron chi connectivity index (χ1n) is 7.18. The number of nitrogens with zero attached hydrogens (tertiary/aromatic N) is 1. The van der Waals surface area contributed by atoms with Crippen LogP contribution in [0.25, 0.3) is 0 Å². The predicted molar refractivity (Wildman–Crippen MR) is 82.3 cm³/mol. The zero-order chi connectivity index (χ0) is 15.6. The molecule has 0 amide bonds. The summed E-state index contributed by atoms with van der Waals surface area (Å²) in [6.07, 6.45) is 1.86. The number of benzene rings is 1. The van der Waals surface area contributed by atoms with Gasteiger partial charge in [0.05, 0.1) is 17.0 Å². The molecular formula is C15H21NO4S. The van der Waals surface area contributed by atoms with Gasteiger partial charge in [0.25, 0.3) is 0 Å². The lowest BCUT2D eigenvalue weighted by atomic mass is 9.98. The Hall–Kier alpha value is -1.56. The highest BCUT2D eigenvalue weighted by Gasteiger charge is 2.29. The maximum atomic E-state index is 12.5. The van der Waals surface area contributed by atoms with E-state index in [-0.39, 0.29) is 11.3 Å². The standard InChI is InChI=1S/C15H21NO4S/c1-11(2)8-10-21(19,20)16-9-4-6-12-13(15(17)18)5-3-7-14(12)16/h3,5,7,11H,4,6,8-10H2,1-2H3,(H,17,18). The van der Waals surface area contributed by atoms with Crippen molar-refractivity contribution in [2.24, 2.45) is 5.92 Å². The highest BCUT2D eigenvalue weighted by atomic mass is 32.2. The largest absolute Gasteiger partial charge is 0.478 e. The molecule has 0 radical (unpaired) electrons. The Morgan fingerprint density at radius 2 is 2.10 bits per heavy atom. The van der Waals surface area contributed by atoms with Crippen molar-refractivity contribution < 1.29 is 18.3 Å². The van der Waals surface area contributed by atoms with Crippen molar-refractivity contribution in [2.45, 2.75) is 33.1 Å². The summed E-state index contributed by atoms with van der Waals surface area (Å²) in [6.45, 7) is 4.40. The van der Waals surface area contributed by atoms with Crippen molar-refractivity contribution in [3.05, 3.63) is 29.3 Å². The van der Waals surface area contributed by atoms with Crippen LogP contribution in [0, 0.1) is 5.92 Å². The molecule has 0 unspecified atom stereocenters. The number of rotatable bonds is 5. The zero-order valence-corrected chi connectivity index (χ0v) is 13.2. The lowest BCUT2D eigenvalue weighted by Gasteiger charge is -2.31. The SMILES string of the molecule is CC(C)CCS(=O)(=O)N1CCCc2c(C(=O)O)cccc21. The van der Waals surface area contributed by atoms with Crippen LogP contribution in [-0.4, -0.2) is 31.8 Å². The van der Waals surface area contributed by atoms with Crippen LogP contribution in [0.5, 0.6) is 0 Å². The summed E-state index contributed by atoms with van der Waals surface area (Å²) in [7, 11) is -3.39. The van der Waals surface area contributed by atoms with Gasteiger partial charge in [-0.2, -0.15) is 0 Å². The highest BCUT2D eigenvalue weighted by molar-refractivity contribution is 7.92. The van der Waals surface area contributed by atoms with E-state index in [4.69, 9.17) is 0 Å². The third-order valence-electron chi connectivity index (χ3n) is 3.73. The molecule has 0 spiro atoms. The van der Waals surface area contributed by atoms with Gasteiger partial charge in [-0.25, -0.2) is 13.2 Å². The summed E-state index contributed by atoms with van der Waals surface area (Å²) in [5.41, 5.74) is 1.37. The van der Waals surface area contributed by atoms with Crippen LogP contribution >= 0.6 is 0 Å². The van der Waals surface area contributed by atoms with Crippen molar-refractivity contribution in [2.75, 3.05) is 16.6 Å². The van der Waals surface area contributed by atoms with Gasteiger partial charge in [-0.15, -0.1) is 0 Å². The van der Waals surface area contributed by atoms with Crippen molar-refractivity contribution in [3.63, 3.8) is 0 Å². The molecule has 5 nitrogen and oxygen atoms in total. The van der Waals surface area contributed by atoms with E-state index in [1.165, 1.54) is 10.4 Å². The van der Waals surface area contributed by atoms with Crippen LogP contribution in [0.15, 0.2) is 18.2 Å². The quantitative estimate of drug-likeness (QED) is 0.906. The average Bonchev–Trinajstić information content (AvgIpc) is 2.43. The van der Waals surface area contributed by atoms with E-state index in [0.717, 1.165) is 0 Å². The molecule has 1 aromatic rings. The van der Waals surface area contributed by atoms with Gasteiger partial charge >= 0.3 is 5.97 Å². The summed E-state index contributed by atoms with van der Waals surface area (Å²) in [4.78, 5) is 11.3. The van der Waals surface area contributed by atoms with E-state index in [0.29, 0.717) is 43.0 Å². The molecular weight excluding hydrogens is 290 g/mol. The molecule has 1 heterocycles. The Kier molecular flexibility index (Phi) is 4.56. The third-order valence-corrected chi connectivity index (χ3v) is 5.53. The molecule has 116 valence electrons. The lowest BCUT2D eigenvalue weighted by Crippen LogP contribution is -2.37. The summed E-state index contributed by atoms with van der Waals surface area (Å²) in [5.74, 6) is -0.593. The minimum absolute atomic E-state index is 0.0986. The summed E-state index contributed by atoms with van der Waals surface area (Å²) in [5, 5.41) is 9.24. The molecule has 0 fully saturated rings. The number of hydrogen-bond donors (Lipinski definition) is 1. The van der Waals surface area contributed by atoms with E-state index in [9.17, 15) is 18.3 Å². The molecule has 0 atom stereocenters. The smallest absolute Gasteiger partial charge is 0.336 e. The van der Waals surface area contributed by atoms with E-state index in [1.807, 2.05) is 13.8 Å². The Morgan fingerprint density at radius 1 is 1.38 bits per heavy atom. The molecule has 0 aromatic heterocycles. The van der Waals surface area contributed by atoms with Crippen molar-refractivity contribution in [3.8, 4) is 0 Å². The predicted octanol–water partition coefficient (Wildman–Crippen LogP) is 2.51. The van der Waals surface area contributed by atoms with E-state index < -0.39 is 16.0 Å². The number of carboxylic acids is 1. The van der Waals surface area contributed by atoms with Gasteiger partial charge in [0.2, 0.25) is 10.0 Å². The second kappa shape index (κ2) is 6.05. The highest BCUT2D eigenvalue weighted by Crippen LogP contribution is 2.32. The summed E-state index contributed by atoms with van der Waals surface area (Å²) in [6, 6.07) is 4.85. The van der Waals surface area contributed by atoms with Gasteiger partial charge < -0.3 is 5.11 Å². The van der Waals surface area contributed by atoms with Gasteiger partial charge in [-0.05, 0) is 42.9 Å². The van der Waals surface area contributed by atoms with E-state index in [1.54, 1.807) is 12.1 Å². The molecule has 6 heteroatoms. The Balaban J connectivity index is 2.39. The maximum Gasteiger partial charge on any atom is 0.336 e. The van der Waals surface area contributed by atoms with Gasteiger partial charge in [-0.3, -0.25) is 4.31 Å². The fourth-order valence-electron chi connectivity index (χ4n) is 2.58. The van der Waals surface area contributed by atoms with Gasteiger partial charge in [0, 0.05) is 6.54 Å². The number of carboxylic acid groups (broad SMARTS) is 1. The normalized spacial score (nSPS) is 15.1. The van der Waals surface area contributed by atoms with Crippen molar-refractivity contribution in [1.82, 2.24) is 0 Å². The van der Waals surface area contributed by atoms with Crippen LogP contribution in [0.3, 0.4) is 0 Å². The van der Waals surface area contributed by atoms with Crippen LogP contribution in [0.4, 0.5) is 5.69 Å². The van der Waals surface area contributed by atoms with Crippen LogP contribution < -0.4 is 4.31 Å². The fourth-order valence-corrected chi connectivity index (χ4v) is 4.44. The van der Waals surface area contributed by atoms with Gasteiger partial charge in [-0.1, -0.05) is 19.9 Å². The number of sulfonamides is 1. The topological polar surface area (TPSA) is 74.7 Å². The first kappa shape index (κ1) is 15.8. The number of hydrogen-bond acceptors (Lipinski definition) is 3. The molecule has 1 N–H and O–H groups in total. The monoisotopic (exact) mass is 311 g/mol. The van der Waals surface area contributed by atoms with Crippen molar-refractivity contribution >= 4 is 21.7 Å². The number of aromatic carboxylic acids is 1.